The van der Waals surface area contributed by atoms with Crippen molar-refractivity contribution in [1.82, 2.24) is 10.2 Å². The van der Waals surface area contributed by atoms with Crippen molar-refractivity contribution >= 4 is 11.7 Å². The average molecular weight is 344 g/mol. The fourth-order valence-electron chi connectivity index (χ4n) is 3.17. The number of Topliss-reactive ketones (excluding diaryl/α,β-unsaturated/α-hetero) is 1. The van der Waals surface area contributed by atoms with E-state index in [4.69, 9.17) is 0 Å². The Bertz CT molecular complexity index is 613. The number of benzene rings is 1. The number of rotatable bonds is 3. The first-order valence-corrected chi connectivity index (χ1v) is 9.19. The molecule has 1 amide bonds. The van der Waals surface area contributed by atoms with Crippen molar-refractivity contribution in [2.45, 2.75) is 66.0 Å². The highest BCUT2D eigenvalue weighted by Gasteiger charge is 2.28. The van der Waals surface area contributed by atoms with E-state index in [-0.39, 0.29) is 23.3 Å². The highest BCUT2D eigenvalue weighted by molar-refractivity contribution is 6.01. The number of carbonyl (C=O) groups is 2. The van der Waals surface area contributed by atoms with Crippen molar-refractivity contribution < 1.29 is 9.59 Å². The average Bonchev–Trinajstić information content (AvgIpc) is 2.53. The van der Waals surface area contributed by atoms with Gasteiger partial charge in [0.05, 0.1) is 0 Å². The highest BCUT2D eigenvalue weighted by Crippen LogP contribution is 2.22. The minimum absolute atomic E-state index is 0.0519. The van der Waals surface area contributed by atoms with Gasteiger partial charge in [-0.15, -0.1) is 0 Å². The number of carbonyl (C=O) groups excluding carboxylic acids is 2. The first kappa shape index (κ1) is 19.6. The summed E-state index contributed by atoms with van der Waals surface area (Å²) in [5.41, 5.74) is 1.04. The third-order valence-electron chi connectivity index (χ3n) is 4.87. The maximum atomic E-state index is 12.5. The molecule has 1 aliphatic rings. The molecule has 1 heterocycles. The van der Waals surface area contributed by atoms with Gasteiger partial charge in [-0.1, -0.05) is 32.9 Å². The SMILES string of the molecule is CC(C)(C)C(=O)c1ccc(C(=O)NC2CCN(C(C)(C)C)CC2)cc1. The van der Waals surface area contributed by atoms with Gasteiger partial charge in [0, 0.05) is 41.2 Å². The molecule has 0 atom stereocenters. The van der Waals surface area contributed by atoms with Gasteiger partial charge >= 0.3 is 0 Å². The maximum Gasteiger partial charge on any atom is 0.251 e. The predicted octanol–water partition coefficient (Wildman–Crippen LogP) is 3.91. The van der Waals surface area contributed by atoms with Gasteiger partial charge in [-0.3, -0.25) is 14.5 Å². The van der Waals surface area contributed by atoms with Crippen LogP contribution >= 0.6 is 0 Å². The van der Waals surface area contributed by atoms with Crippen LogP contribution in [0.3, 0.4) is 0 Å². The molecular weight excluding hydrogens is 312 g/mol. The van der Waals surface area contributed by atoms with Gasteiger partial charge in [-0.2, -0.15) is 0 Å². The van der Waals surface area contributed by atoms with Gasteiger partial charge in [-0.25, -0.2) is 0 Å². The molecule has 25 heavy (non-hydrogen) atoms. The van der Waals surface area contributed by atoms with Gasteiger partial charge in [0.15, 0.2) is 5.78 Å². The lowest BCUT2D eigenvalue weighted by Crippen LogP contribution is -2.50. The van der Waals surface area contributed by atoms with Crippen LogP contribution in [0.25, 0.3) is 0 Å². The third-order valence-corrected chi connectivity index (χ3v) is 4.87. The minimum atomic E-state index is -0.412. The van der Waals surface area contributed by atoms with Crippen molar-refractivity contribution in [2.75, 3.05) is 13.1 Å². The quantitative estimate of drug-likeness (QED) is 0.846. The van der Waals surface area contributed by atoms with Crippen molar-refractivity contribution in [2.24, 2.45) is 5.41 Å². The van der Waals surface area contributed by atoms with E-state index in [1.807, 2.05) is 20.8 Å². The van der Waals surface area contributed by atoms with Crippen LogP contribution < -0.4 is 5.32 Å². The fraction of sp³-hybridized carbons (Fsp3) is 0.619. The summed E-state index contributed by atoms with van der Waals surface area (Å²) >= 11 is 0. The summed E-state index contributed by atoms with van der Waals surface area (Å²) in [7, 11) is 0. The summed E-state index contributed by atoms with van der Waals surface area (Å²) in [6, 6.07) is 7.23. The molecular formula is C21H32N2O2. The molecule has 0 saturated carbocycles. The van der Waals surface area contributed by atoms with Crippen molar-refractivity contribution in [3.8, 4) is 0 Å². The molecule has 1 N–H and O–H groups in total. The Hall–Kier alpha value is -1.68. The van der Waals surface area contributed by atoms with E-state index in [2.05, 4.69) is 31.0 Å². The Morgan fingerprint density at radius 3 is 1.84 bits per heavy atom. The van der Waals surface area contributed by atoms with Gasteiger partial charge in [-0.05, 0) is 45.7 Å². The van der Waals surface area contributed by atoms with E-state index >= 15 is 0 Å². The molecule has 2 rings (SSSR count). The van der Waals surface area contributed by atoms with E-state index in [0.29, 0.717) is 11.1 Å². The second-order valence-electron chi connectivity index (χ2n) is 9.06. The third kappa shape index (κ3) is 5.15. The Labute approximate surface area is 152 Å². The van der Waals surface area contributed by atoms with Gasteiger partial charge in [0.1, 0.15) is 0 Å². The van der Waals surface area contributed by atoms with Gasteiger partial charge in [0.2, 0.25) is 0 Å². The molecule has 1 aromatic rings. The predicted molar refractivity (Wildman–Crippen MR) is 102 cm³/mol. The van der Waals surface area contributed by atoms with Crippen LogP contribution in [-0.4, -0.2) is 41.3 Å². The Balaban J connectivity index is 1.93. The molecule has 4 heteroatoms. The van der Waals surface area contributed by atoms with Crippen LogP contribution in [0.5, 0.6) is 0 Å². The fourth-order valence-corrected chi connectivity index (χ4v) is 3.17. The molecule has 0 bridgehead atoms. The van der Waals surface area contributed by atoms with Crippen molar-refractivity contribution in [1.29, 1.82) is 0 Å². The van der Waals surface area contributed by atoms with Crippen LogP contribution in [0.1, 0.15) is 75.1 Å². The number of amides is 1. The number of ketones is 1. The summed E-state index contributed by atoms with van der Waals surface area (Å²) in [4.78, 5) is 27.2. The number of piperidine rings is 1. The van der Waals surface area contributed by atoms with Crippen LogP contribution in [0.4, 0.5) is 0 Å². The van der Waals surface area contributed by atoms with Crippen LogP contribution in [0, 0.1) is 5.41 Å². The summed E-state index contributed by atoms with van der Waals surface area (Å²) in [5.74, 6) is 0.0398. The molecule has 0 unspecified atom stereocenters. The van der Waals surface area contributed by atoms with E-state index in [9.17, 15) is 9.59 Å². The molecule has 0 radical (unpaired) electrons. The molecule has 4 nitrogen and oxygen atoms in total. The zero-order chi connectivity index (χ0) is 18.8. The molecule has 0 aromatic heterocycles. The van der Waals surface area contributed by atoms with E-state index in [1.54, 1.807) is 24.3 Å². The lowest BCUT2D eigenvalue weighted by molar-refractivity contribution is 0.0810. The summed E-state index contributed by atoms with van der Waals surface area (Å²) in [6.07, 6.45) is 1.95. The van der Waals surface area contributed by atoms with Crippen LogP contribution in [0.15, 0.2) is 24.3 Å². The first-order valence-electron chi connectivity index (χ1n) is 9.19. The highest BCUT2D eigenvalue weighted by atomic mass is 16.1. The smallest absolute Gasteiger partial charge is 0.251 e. The molecule has 0 spiro atoms. The molecule has 1 aromatic carbocycles. The maximum absolute atomic E-state index is 12.5. The minimum Gasteiger partial charge on any atom is -0.349 e. The normalized spacial score (nSPS) is 17.4. The molecule has 0 aliphatic carbocycles. The van der Waals surface area contributed by atoms with Gasteiger partial charge < -0.3 is 5.32 Å². The van der Waals surface area contributed by atoms with Crippen molar-refractivity contribution in [3.05, 3.63) is 35.4 Å². The number of nitrogens with one attached hydrogen (secondary N) is 1. The van der Waals surface area contributed by atoms with Crippen LogP contribution in [0.2, 0.25) is 0 Å². The standard InChI is InChI=1S/C21H32N2O2/c1-20(2,3)18(24)15-7-9-16(10-8-15)19(25)22-17-11-13-23(14-12-17)21(4,5)6/h7-10,17H,11-14H2,1-6H3,(H,22,25). The number of hydrogen-bond acceptors (Lipinski definition) is 3. The monoisotopic (exact) mass is 344 g/mol. The second kappa shape index (κ2) is 7.28. The lowest BCUT2D eigenvalue weighted by atomic mass is 9.86. The van der Waals surface area contributed by atoms with Crippen molar-refractivity contribution in [3.63, 3.8) is 0 Å². The zero-order valence-electron chi connectivity index (χ0n) is 16.5. The molecule has 1 aliphatic heterocycles. The molecule has 1 fully saturated rings. The summed E-state index contributed by atoms with van der Waals surface area (Å²) in [6.45, 7) is 14.4. The second-order valence-corrected chi connectivity index (χ2v) is 9.06. The number of nitrogens with zero attached hydrogens (tertiary/aromatic N) is 1. The topological polar surface area (TPSA) is 49.4 Å². The Kier molecular flexibility index (Phi) is 5.72. The first-order chi connectivity index (χ1) is 11.5. The van der Waals surface area contributed by atoms with Gasteiger partial charge in [0.25, 0.3) is 5.91 Å². The Morgan fingerprint density at radius 2 is 1.40 bits per heavy atom. The number of hydrogen-bond donors (Lipinski definition) is 1. The molecule has 138 valence electrons. The Morgan fingerprint density at radius 1 is 0.920 bits per heavy atom. The zero-order valence-corrected chi connectivity index (χ0v) is 16.5. The summed E-state index contributed by atoms with van der Waals surface area (Å²) in [5, 5.41) is 3.14. The van der Waals surface area contributed by atoms with E-state index < -0.39 is 5.41 Å². The van der Waals surface area contributed by atoms with E-state index in [1.165, 1.54) is 0 Å². The summed E-state index contributed by atoms with van der Waals surface area (Å²) < 4.78 is 0. The number of likely N-dealkylation sites (tertiary alicyclic amines) is 1. The lowest BCUT2D eigenvalue weighted by Gasteiger charge is -2.41. The van der Waals surface area contributed by atoms with Crippen LogP contribution in [-0.2, 0) is 0 Å². The molecule has 1 saturated heterocycles. The largest absolute Gasteiger partial charge is 0.349 e. The van der Waals surface area contributed by atoms with E-state index in [0.717, 1.165) is 25.9 Å².